The second-order valence-corrected chi connectivity index (χ2v) is 15.6. The Balaban J connectivity index is 1.15. The van der Waals surface area contributed by atoms with Crippen molar-refractivity contribution in [2.24, 2.45) is 0 Å². The molecule has 3 unspecified atom stereocenters. The second kappa shape index (κ2) is 19.3. The Morgan fingerprint density at radius 1 is 0.824 bits per heavy atom. The van der Waals surface area contributed by atoms with Crippen molar-refractivity contribution in [1.82, 2.24) is 19.5 Å². The molecule has 0 aromatic carbocycles. The molecule has 10 atom stereocenters. The van der Waals surface area contributed by atoms with Gasteiger partial charge in [0.15, 0.2) is 30.1 Å². The van der Waals surface area contributed by atoms with Crippen molar-refractivity contribution in [3.05, 3.63) is 12.7 Å². The standard InChI is InChI=1S/C29H49N5O15P2/c1-2-3-4-5-6-7-8-9-10-11-12-13-20(35)48-25-23(37)19(47-29(25)39)15-45-51(42,43)49-50(40,41)44-14-18-22(36)24(38)28(46-18)34-17-33-21-26(30)31-16-32-27(21)34/h16-19,22-25,28-29,36-39H,2-15H2,1H3,(H,40,41)(H,42,43)(H2,30,31,32)/t18-,19-,22-,23-,24-,25-,28-,29?/m1/s1. The smallest absolute Gasteiger partial charge is 0.454 e. The SMILES string of the molecule is CCCCCCCCCCCCCC(=O)O[C@H]1C(O)O[C@H](COP(=O)(O)OP(=O)(O)OC[C@H]2O[C@@H](n3cnc4c(N)ncnc43)[C@H](O)[C@@H]2O)[C@H]1O. The largest absolute Gasteiger partial charge is 0.481 e. The fourth-order valence-corrected chi connectivity index (χ4v) is 7.88. The number of phosphoric ester groups is 2. The molecule has 0 radical (unpaired) electrons. The number of aliphatic hydroxyl groups excluding tert-OH is 4. The Morgan fingerprint density at radius 3 is 2.00 bits per heavy atom. The number of nitrogens with two attached hydrogens (primary N) is 1. The van der Waals surface area contributed by atoms with E-state index in [-0.39, 0.29) is 23.4 Å². The molecule has 22 heteroatoms. The number of hydrogen-bond acceptors (Lipinski definition) is 17. The zero-order chi connectivity index (χ0) is 37.2. The topological polar surface area (TPSA) is 298 Å². The average molecular weight is 770 g/mol. The maximum absolute atomic E-state index is 12.5. The molecule has 2 fully saturated rings. The number of aromatic nitrogens is 4. The summed E-state index contributed by atoms with van der Waals surface area (Å²) < 4.78 is 55.7. The molecule has 4 rings (SSSR count). The number of ether oxygens (including phenoxy) is 3. The minimum Gasteiger partial charge on any atom is -0.454 e. The molecule has 8 N–H and O–H groups in total. The predicted molar refractivity (Wildman–Crippen MR) is 176 cm³/mol. The normalized spacial score (nSPS) is 28.9. The van der Waals surface area contributed by atoms with Gasteiger partial charge in [0, 0.05) is 6.42 Å². The van der Waals surface area contributed by atoms with Crippen LogP contribution in [0.15, 0.2) is 12.7 Å². The van der Waals surface area contributed by atoms with E-state index in [1.807, 2.05) is 0 Å². The van der Waals surface area contributed by atoms with Crippen molar-refractivity contribution in [2.75, 3.05) is 18.9 Å². The van der Waals surface area contributed by atoms with Gasteiger partial charge in [-0.25, -0.2) is 24.1 Å². The summed E-state index contributed by atoms with van der Waals surface area (Å²) in [5.74, 6) is -0.611. The Kier molecular flexibility index (Phi) is 15.7. The molecule has 0 amide bonds. The average Bonchev–Trinajstić information content (AvgIpc) is 3.71. The first-order chi connectivity index (χ1) is 24.2. The summed E-state index contributed by atoms with van der Waals surface area (Å²) in [5.41, 5.74) is 6.13. The molecule has 2 aromatic rings. The lowest BCUT2D eigenvalue weighted by Crippen LogP contribution is -2.38. The highest BCUT2D eigenvalue weighted by Gasteiger charge is 2.48. The molecule has 290 valence electrons. The number of aliphatic hydroxyl groups is 4. The third-order valence-electron chi connectivity index (χ3n) is 8.57. The zero-order valence-corrected chi connectivity index (χ0v) is 30.1. The van der Waals surface area contributed by atoms with Crippen molar-refractivity contribution in [3.8, 4) is 0 Å². The van der Waals surface area contributed by atoms with E-state index in [1.165, 1.54) is 49.4 Å². The summed E-state index contributed by atoms with van der Waals surface area (Å²) >= 11 is 0. The molecule has 2 aromatic heterocycles. The molecule has 0 aliphatic carbocycles. The Hall–Kier alpha value is -2.16. The second-order valence-electron chi connectivity index (χ2n) is 12.5. The maximum Gasteiger partial charge on any atom is 0.481 e. The summed E-state index contributed by atoms with van der Waals surface area (Å²) in [5, 5.41) is 41.7. The number of esters is 1. The van der Waals surface area contributed by atoms with Crippen molar-refractivity contribution in [3.63, 3.8) is 0 Å². The van der Waals surface area contributed by atoms with Crippen LogP contribution in [-0.4, -0.2) is 112 Å². The first-order valence-corrected chi connectivity index (χ1v) is 20.0. The fraction of sp³-hybridized carbons (Fsp3) is 0.793. The summed E-state index contributed by atoms with van der Waals surface area (Å²) in [4.78, 5) is 44.3. The molecule has 0 saturated carbocycles. The molecule has 2 aliphatic rings. The summed E-state index contributed by atoms with van der Waals surface area (Å²) in [7, 11) is -10.8. The van der Waals surface area contributed by atoms with E-state index < -0.39 is 84.0 Å². The number of fused-ring (bicyclic) bond motifs is 1. The van der Waals surface area contributed by atoms with Gasteiger partial charge in [-0.1, -0.05) is 71.1 Å². The van der Waals surface area contributed by atoms with Gasteiger partial charge in [0.05, 0.1) is 19.5 Å². The molecule has 0 spiro atoms. The Labute approximate surface area is 294 Å². The zero-order valence-electron chi connectivity index (χ0n) is 28.3. The maximum atomic E-state index is 12.5. The van der Waals surface area contributed by atoms with E-state index in [1.54, 1.807) is 0 Å². The van der Waals surface area contributed by atoms with Gasteiger partial charge in [-0.2, -0.15) is 4.31 Å². The van der Waals surface area contributed by atoms with E-state index in [0.717, 1.165) is 32.0 Å². The Morgan fingerprint density at radius 2 is 1.39 bits per heavy atom. The van der Waals surface area contributed by atoms with Gasteiger partial charge in [0.1, 0.15) is 42.4 Å². The van der Waals surface area contributed by atoms with Crippen molar-refractivity contribution >= 4 is 38.6 Å². The van der Waals surface area contributed by atoms with Gasteiger partial charge >= 0.3 is 21.6 Å². The summed E-state index contributed by atoms with van der Waals surface area (Å²) in [6, 6.07) is 0. The lowest BCUT2D eigenvalue weighted by Gasteiger charge is -2.21. The number of nitrogens with zero attached hydrogens (tertiary/aromatic N) is 4. The van der Waals surface area contributed by atoms with E-state index in [0.29, 0.717) is 6.42 Å². The third-order valence-corrected chi connectivity index (χ3v) is 11.2. The monoisotopic (exact) mass is 769 g/mol. The van der Waals surface area contributed by atoms with Crippen LogP contribution in [0.5, 0.6) is 0 Å². The van der Waals surface area contributed by atoms with Crippen LogP contribution in [0.4, 0.5) is 5.82 Å². The van der Waals surface area contributed by atoms with E-state index >= 15 is 0 Å². The summed E-state index contributed by atoms with van der Waals surface area (Å²) in [6.45, 7) is 0.369. The minimum atomic E-state index is -5.38. The number of nitrogen functional groups attached to an aromatic ring is 1. The van der Waals surface area contributed by atoms with Gasteiger partial charge in [0.2, 0.25) is 0 Å². The molecule has 2 saturated heterocycles. The number of hydrogen-bond donors (Lipinski definition) is 7. The van der Waals surface area contributed by atoms with Gasteiger partial charge in [0.25, 0.3) is 0 Å². The molecular weight excluding hydrogens is 720 g/mol. The number of imidazole rings is 1. The van der Waals surface area contributed by atoms with Crippen molar-refractivity contribution in [2.45, 2.75) is 133 Å². The lowest BCUT2D eigenvalue weighted by molar-refractivity contribution is -0.173. The number of phosphoric acid groups is 2. The van der Waals surface area contributed by atoms with Crippen LogP contribution in [0, 0.1) is 0 Å². The van der Waals surface area contributed by atoms with Crippen LogP contribution in [0.2, 0.25) is 0 Å². The molecule has 20 nitrogen and oxygen atoms in total. The van der Waals surface area contributed by atoms with E-state index in [4.69, 9.17) is 24.5 Å². The Bertz CT molecular complexity index is 1500. The van der Waals surface area contributed by atoms with Crippen LogP contribution in [0.3, 0.4) is 0 Å². The van der Waals surface area contributed by atoms with Crippen LogP contribution in [0.1, 0.15) is 90.2 Å². The first-order valence-electron chi connectivity index (χ1n) is 17.0. The minimum absolute atomic E-state index is 0.0548. The van der Waals surface area contributed by atoms with Gasteiger partial charge in [-0.15, -0.1) is 0 Å². The van der Waals surface area contributed by atoms with Crippen molar-refractivity contribution < 1.29 is 71.7 Å². The highest BCUT2D eigenvalue weighted by molar-refractivity contribution is 7.61. The quantitative estimate of drug-likeness (QED) is 0.0511. The lowest BCUT2D eigenvalue weighted by atomic mass is 10.1. The fourth-order valence-electron chi connectivity index (χ4n) is 5.79. The third kappa shape index (κ3) is 11.9. The van der Waals surface area contributed by atoms with Crippen LogP contribution in [-0.2, 0) is 41.5 Å². The molecule has 2 aliphatic heterocycles. The van der Waals surface area contributed by atoms with Crippen LogP contribution >= 0.6 is 15.6 Å². The van der Waals surface area contributed by atoms with Crippen LogP contribution < -0.4 is 5.73 Å². The summed E-state index contributed by atoms with van der Waals surface area (Å²) in [6.07, 6.45) is 2.14. The molecule has 0 bridgehead atoms. The van der Waals surface area contributed by atoms with Crippen molar-refractivity contribution in [1.29, 1.82) is 0 Å². The molecule has 4 heterocycles. The highest BCUT2D eigenvalue weighted by atomic mass is 31.3. The number of unbranched alkanes of at least 4 members (excludes halogenated alkanes) is 10. The van der Waals surface area contributed by atoms with Gasteiger partial charge < -0.3 is 50.2 Å². The highest BCUT2D eigenvalue weighted by Crippen LogP contribution is 2.60. The first kappa shape index (κ1) is 41.6. The molecule has 51 heavy (non-hydrogen) atoms. The van der Waals surface area contributed by atoms with Gasteiger partial charge in [-0.05, 0) is 6.42 Å². The van der Waals surface area contributed by atoms with E-state index in [2.05, 4.69) is 30.7 Å². The van der Waals surface area contributed by atoms with E-state index in [9.17, 15) is 44.1 Å². The van der Waals surface area contributed by atoms with Crippen LogP contribution in [0.25, 0.3) is 11.2 Å². The van der Waals surface area contributed by atoms with Gasteiger partial charge in [-0.3, -0.25) is 18.4 Å². The number of rotatable bonds is 22. The number of carbonyl (C=O) groups is 1. The number of anilines is 1. The molecular formula is C29H49N5O15P2. The predicted octanol–water partition coefficient (Wildman–Crippen LogP) is 1.97. The number of carbonyl (C=O) groups excluding carboxylic acids is 1.